The lowest BCUT2D eigenvalue weighted by molar-refractivity contribution is -0.393. The molecule has 0 bridgehead atoms. The third kappa shape index (κ3) is 4.27. The van der Waals surface area contributed by atoms with Crippen LogP contribution in [-0.2, 0) is 19.1 Å². The number of esters is 2. The number of alkyl halides is 6. The summed E-state index contributed by atoms with van der Waals surface area (Å²) >= 11 is 0. The maximum Gasteiger partial charge on any atom is 0.438 e. The Hall–Kier alpha value is -1.74. The van der Waals surface area contributed by atoms with Gasteiger partial charge in [0.2, 0.25) is 0 Å². The summed E-state index contributed by atoms with van der Waals surface area (Å²) in [6.45, 7) is 4.93. The molecule has 0 spiro atoms. The Morgan fingerprint density at radius 3 is 1.84 bits per heavy atom. The average molecular weight is 376 g/mol. The second kappa shape index (κ2) is 7.25. The number of ether oxygens (including phenoxy) is 2. The summed E-state index contributed by atoms with van der Waals surface area (Å²) in [6, 6.07) is 0. The van der Waals surface area contributed by atoms with Crippen molar-refractivity contribution in [3.8, 4) is 0 Å². The van der Waals surface area contributed by atoms with Crippen LogP contribution < -0.4 is 0 Å². The van der Waals surface area contributed by atoms with Gasteiger partial charge in [0.25, 0.3) is 0 Å². The van der Waals surface area contributed by atoms with Crippen molar-refractivity contribution in [2.75, 3.05) is 0 Å². The highest BCUT2D eigenvalue weighted by Gasteiger charge is 2.78. The Morgan fingerprint density at radius 1 is 0.960 bits per heavy atom. The molecule has 10 heteroatoms. The summed E-state index contributed by atoms with van der Waals surface area (Å²) in [5.41, 5.74) is -4.91. The molecular weight excluding hydrogens is 358 g/mol. The molecule has 0 N–H and O–H groups in total. The van der Waals surface area contributed by atoms with Crippen molar-refractivity contribution in [3.63, 3.8) is 0 Å². The summed E-state index contributed by atoms with van der Waals surface area (Å²) in [5, 5.41) is 0. The van der Waals surface area contributed by atoms with Gasteiger partial charge in [-0.05, 0) is 26.2 Å². The van der Waals surface area contributed by atoms with Gasteiger partial charge in [0.15, 0.2) is 0 Å². The maximum atomic E-state index is 13.5. The quantitative estimate of drug-likeness (QED) is 0.421. The van der Waals surface area contributed by atoms with E-state index < -0.39 is 48.3 Å². The molecule has 0 aromatic heterocycles. The minimum Gasteiger partial charge on any atom is -0.459 e. The highest BCUT2D eigenvalue weighted by molar-refractivity contribution is 5.87. The van der Waals surface area contributed by atoms with Crippen molar-refractivity contribution >= 4 is 11.9 Å². The van der Waals surface area contributed by atoms with Gasteiger partial charge in [0.1, 0.15) is 6.10 Å². The summed E-state index contributed by atoms with van der Waals surface area (Å²) in [6.07, 6.45) is -14.0. The second-order valence-corrected chi connectivity index (χ2v) is 5.94. The fourth-order valence-electron chi connectivity index (χ4n) is 2.94. The van der Waals surface area contributed by atoms with Crippen molar-refractivity contribution in [2.45, 2.75) is 63.6 Å². The number of rotatable bonds is 4. The first kappa shape index (κ1) is 21.3. The van der Waals surface area contributed by atoms with E-state index in [1.165, 1.54) is 6.92 Å². The molecular formula is C15H18F6O4. The summed E-state index contributed by atoms with van der Waals surface area (Å²) in [5.74, 6) is -5.13. The van der Waals surface area contributed by atoms with Crippen LogP contribution in [0.4, 0.5) is 26.3 Å². The van der Waals surface area contributed by atoms with E-state index in [1.807, 2.05) is 0 Å². The molecule has 1 rings (SSSR count). The zero-order valence-electron chi connectivity index (χ0n) is 13.6. The van der Waals surface area contributed by atoms with E-state index in [1.54, 1.807) is 0 Å². The van der Waals surface area contributed by atoms with Gasteiger partial charge in [0, 0.05) is 12.5 Å². The summed E-state index contributed by atoms with van der Waals surface area (Å²) in [7, 11) is 0. The van der Waals surface area contributed by atoms with Gasteiger partial charge in [-0.15, -0.1) is 0 Å². The highest BCUT2D eigenvalue weighted by Crippen LogP contribution is 2.54. The van der Waals surface area contributed by atoms with Crippen LogP contribution in [-0.4, -0.2) is 36.0 Å². The van der Waals surface area contributed by atoms with Crippen LogP contribution in [0.3, 0.4) is 0 Å². The largest absolute Gasteiger partial charge is 0.459 e. The van der Waals surface area contributed by atoms with E-state index in [9.17, 15) is 35.9 Å². The number of halogens is 6. The second-order valence-electron chi connectivity index (χ2n) is 5.94. The van der Waals surface area contributed by atoms with E-state index in [0.717, 1.165) is 0 Å². The molecule has 0 amide bonds. The molecule has 1 fully saturated rings. The molecule has 144 valence electrons. The topological polar surface area (TPSA) is 52.6 Å². The van der Waals surface area contributed by atoms with Crippen molar-refractivity contribution < 1.29 is 45.4 Å². The van der Waals surface area contributed by atoms with Crippen LogP contribution in [0, 0.1) is 5.92 Å². The standard InChI is InChI=1S/C15H18F6O4/c1-8(2)12(23)24-11-7-5-4-6-10(11)13(14(16,17)18,15(19,20)21)25-9(3)22/h10-11H,1,4-7H2,2-3H3. The molecule has 0 radical (unpaired) electrons. The van der Waals surface area contributed by atoms with Gasteiger partial charge in [-0.2, -0.15) is 26.3 Å². The minimum atomic E-state index is -5.94. The molecule has 1 aliphatic rings. The van der Waals surface area contributed by atoms with Crippen LogP contribution in [0.15, 0.2) is 12.2 Å². The third-order valence-electron chi connectivity index (χ3n) is 3.98. The fourth-order valence-corrected chi connectivity index (χ4v) is 2.94. The first-order chi connectivity index (χ1) is 11.2. The van der Waals surface area contributed by atoms with E-state index in [0.29, 0.717) is 6.92 Å². The molecule has 1 saturated carbocycles. The Labute approximate surface area is 140 Å². The Kier molecular flexibility index (Phi) is 6.18. The Bertz CT molecular complexity index is 523. The monoisotopic (exact) mass is 376 g/mol. The minimum absolute atomic E-state index is 0.0426. The van der Waals surface area contributed by atoms with Crippen LogP contribution in [0.25, 0.3) is 0 Å². The van der Waals surface area contributed by atoms with Gasteiger partial charge in [-0.3, -0.25) is 4.79 Å². The van der Waals surface area contributed by atoms with E-state index >= 15 is 0 Å². The van der Waals surface area contributed by atoms with E-state index in [4.69, 9.17) is 4.74 Å². The molecule has 1 aliphatic carbocycles. The predicted molar refractivity (Wildman–Crippen MR) is 73.3 cm³/mol. The summed E-state index contributed by atoms with van der Waals surface area (Å²) in [4.78, 5) is 22.7. The molecule has 0 saturated heterocycles. The first-order valence-corrected chi connectivity index (χ1v) is 7.43. The normalized spacial score (nSPS) is 22.2. The van der Waals surface area contributed by atoms with Crippen molar-refractivity contribution in [1.82, 2.24) is 0 Å². The molecule has 0 aliphatic heterocycles. The average Bonchev–Trinajstić information content (AvgIpc) is 2.42. The van der Waals surface area contributed by atoms with Crippen molar-refractivity contribution in [2.24, 2.45) is 5.92 Å². The number of hydrogen-bond donors (Lipinski definition) is 0. The SMILES string of the molecule is C=C(C)C(=O)OC1CCCCC1C(OC(C)=O)(C(F)(F)F)C(F)(F)F. The van der Waals surface area contributed by atoms with Crippen LogP contribution in [0.2, 0.25) is 0 Å². The zero-order chi connectivity index (χ0) is 19.6. The van der Waals surface area contributed by atoms with Gasteiger partial charge >= 0.3 is 29.9 Å². The maximum absolute atomic E-state index is 13.5. The van der Waals surface area contributed by atoms with Gasteiger partial charge in [-0.1, -0.05) is 13.0 Å². The lowest BCUT2D eigenvalue weighted by atomic mass is 9.73. The van der Waals surface area contributed by atoms with Crippen LogP contribution in [0.1, 0.15) is 39.5 Å². The van der Waals surface area contributed by atoms with Crippen molar-refractivity contribution in [1.29, 1.82) is 0 Å². The lowest BCUT2D eigenvalue weighted by Gasteiger charge is -2.45. The molecule has 0 aromatic carbocycles. The first-order valence-electron chi connectivity index (χ1n) is 7.43. The van der Waals surface area contributed by atoms with Crippen LogP contribution >= 0.6 is 0 Å². The molecule has 0 aromatic rings. The van der Waals surface area contributed by atoms with E-state index in [2.05, 4.69) is 11.3 Å². The Morgan fingerprint density at radius 2 is 1.44 bits per heavy atom. The third-order valence-corrected chi connectivity index (χ3v) is 3.98. The number of carbonyl (C=O) groups is 2. The van der Waals surface area contributed by atoms with Gasteiger partial charge in [0.05, 0.1) is 5.92 Å². The van der Waals surface area contributed by atoms with E-state index in [-0.39, 0.29) is 24.8 Å². The highest BCUT2D eigenvalue weighted by atomic mass is 19.4. The summed E-state index contributed by atoms with van der Waals surface area (Å²) < 4.78 is 89.9. The molecule has 0 heterocycles. The zero-order valence-corrected chi connectivity index (χ0v) is 13.6. The van der Waals surface area contributed by atoms with Crippen molar-refractivity contribution in [3.05, 3.63) is 12.2 Å². The molecule has 4 nitrogen and oxygen atoms in total. The molecule has 25 heavy (non-hydrogen) atoms. The number of carbonyl (C=O) groups excluding carboxylic acids is 2. The van der Waals surface area contributed by atoms with Gasteiger partial charge < -0.3 is 9.47 Å². The smallest absolute Gasteiger partial charge is 0.438 e. The predicted octanol–water partition coefficient (Wildman–Crippen LogP) is 4.09. The lowest BCUT2D eigenvalue weighted by Crippen LogP contribution is -2.67. The Balaban J connectivity index is 3.45. The number of hydrogen-bond acceptors (Lipinski definition) is 4. The molecule has 2 unspecified atom stereocenters. The fraction of sp³-hybridized carbons (Fsp3) is 0.733. The molecule has 2 atom stereocenters. The van der Waals surface area contributed by atoms with Crippen LogP contribution in [0.5, 0.6) is 0 Å². The van der Waals surface area contributed by atoms with Gasteiger partial charge in [-0.25, -0.2) is 4.79 Å².